The zero-order valence-corrected chi connectivity index (χ0v) is 10.6. The van der Waals surface area contributed by atoms with Crippen molar-refractivity contribution in [2.45, 2.75) is 19.5 Å². The molecule has 1 aromatic heterocycles. The van der Waals surface area contributed by atoms with Crippen LogP contribution in [-0.2, 0) is 6.54 Å². The van der Waals surface area contributed by atoms with Gasteiger partial charge in [0.2, 0.25) is 0 Å². The van der Waals surface area contributed by atoms with Crippen LogP contribution in [0.25, 0.3) is 0 Å². The molecule has 3 nitrogen and oxygen atoms in total. The Labute approximate surface area is 102 Å². The first-order valence-electron chi connectivity index (χ1n) is 5.94. The number of hydrogen-bond donors (Lipinski definition) is 1. The van der Waals surface area contributed by atoms with Crippen LogP contribution in [0.1, 0.15) is 12.7 Å². The normalized spacial score (nSPS) is 21.5. The zero-order valence-electron chi connectivity index (χ0n) is 9.82. The van der Waals surface area contributed by atoms with E-state index in [9.17, 15) is 0 Å². The van der Waals surface area contributed by atoms with Crippen molar-refractivity contribution in [2.75, 3.05) is 31.1 Å². The van der Waals surface area contributed by atoms with Gasteiger partial charge in [-0.15, -0.1) is 0 Å². The van der Waals surface area contributed by atoms with Gasteiger partial charge in [0.1, 0.15) is 5.76 Å². The molecule has 1 aliphatic rings. The highest BCUT2D eigenvalue weighted by Gasteiger charge is 2.16. The van der Waals surface area contributed by atoms with Gasteiger partial charge in [0.25, 0.3) is 0 Å². The van der Waals surface area contributed by atoms with Gasteiger partial charge in [-0.2, -0.15) is 11.8 Å². The first kappa shape index (κ1) is 12.0. The minimum absolute atomic E-state index is 0.633. The second-order valence-electron chi connectivity index (χ2n) is 4.13. The molecule has 1 saturated heterocycles. The number of rotatable bonds is 5. The molecule has 2 heterocycles. The van der Waals surface area contributed by atoms with Gasteiger partial charge in [-0.25, -0.2) is 0 Å². The van der Waals surface area contributed by atoms with Crippen LogP contribution in [0.2, 0.25) is 0 Å². The SMILES string of the molecule is CCN(Cc1ccco1)CC1CSCCN1. The molecule has 4 heteroatoms. The number of nitrogens with one attached hydrogen (secondary N) is 1. The van der Waals surface area contributed by atoms with E-state index in [1.165, 1.54) is 11.5 Å². The van der Waals surface area contributed by atoms with Crippen LogP contribution in [0.5, 0.6) is 0 Å². The zero-order chi connectivity index (χ0) is 11.2. The van der Waals surface area contributed by atoms with Gasteiger partial charge in [-0.3, -0.25) is 4.90 Å². The first-order chi connectivity index (χ1) is 7.88. The van der Waals surface area contributed by atoms with Crippen LogP contribution in [0.4, 0.5) is 0 Å². The Bertz CT molecular complexity index is 283. The van der Waals surface area contributed by atoms with E-state index < -0.39 is 0 Å². The average Bonchev–Trinajstić information content (AvgIpc) is 2.82. The number of thioether (sulfide) groups is 1. The van der Waals surface area contributed by atoms with Crippen molar-refractivity contribution in [1.82, 2.24) is 10.2 Å². The fourth-order valence-corrected chi connectivity index (χ4v) is 2.91. The highest BCUT2D eigenvalue weighted by molar-refractivity contribution is 7.99. The molecular weight excluding hydrogens is 220 g/mol. The van der Waals surface area contributed by atoms with Crippen molar-refractivity contribution in [3.63, 3.8) is 0 Å². The molecule has 0 bridgehead atoms. The quantitative estimate of drug-likeness (QED) is 0.849. The molecule has 0 saturated carbocycles. The topological polar surface area (TPSA) is 28.4 Å². The highest BCUT2D eigenvalue weighted by Crippen LogP contribution is 2.11. The maximum atomic E-state index is 5.39. The van der Waals surface area contributed by atoms with Gasteiger partial charge in [0, 0.05) is 30.6 Å². The van der Waals surface area contributed by atoms with E-state index in [2.05, 4.69) is 28.9 Å². The van der Waals surface area contributed by atoms with Crippen LogP contribution >= 0.6 is 11.8 Å². The molecule has 1 atom stereocenters. The fraction of sp³-hybridized carbons (Fsp3) is 0.667. The number of hydrogen-bond acceptors (Lipinski definition) is 4. The summed E-state index contributed by atoms with van der Waals surface area (Å²) in [5.41, 5.74) is 0. The van der Waals surface area contributed by atoms with E-state index in [0.717, 1.165) is 31.9 Å². The number of likely N-dealkylation sites (N-methyl/N-ethyl adjacent to an activating group) is 1. The Morgan fingerprint density at radius 2 is 2.56 bits per heavy atom. The first-order valence-corrected chi connectivity index (χ1v) is 7.10. The monoisotopic (exact) mass is 240 g/mol. The van der Waals surface area contributed by atoms with Gasteiger partial charge < -0.3 is 9.73 Å². The number of furan rings is 1. The Morgan fingerprint density at radius 1 is 1.62 bits per heavy atom. The van der Waals surface area contributed by atoms with E-state index in [1.807, 2.05) is 12.1 Å². The third kappa shape index (κ3) is 3.54. The lowest BCUT2D eigenvalue weighted by Gasteiger charge is -2.29. The maximum absolute atomic E-state index is 5.39. The molecule has 1 aliphatic heterocycles. The summed E-state index contributed by atoms with van der Waals surface area (Å²) in [5.74, 6) is 3.54. The van der Waals surface area contributed by atoms with Crippen LogP contribution in [0.3, 0.4) is 0 Å². The highest BCUT2D eigenvalue weighted by atomic mass is 32.2. The van der Waals surface area contributed by atoms with Crippen molar-refractivity contribution in [2.24, 2.45) is 0 Å². The van der Waals surface area contributed by atoms with Gasteiger partial charge in [0.05, 0.1) is 12.8 Å². The molecule has 0 spiro atoms. The third-order valence-electron chi connectivity index (χ3n) is 2.88. The minimum atomic E-state index is 0.633. The van der Waals surface area contributed by atoms with Gasteiger partial charge in [-0.1, -0.05) is 6.92 Å². The average molecular weight is 240 g/mol. The van der Waals surface area contributed by atoms with E-state index in [1.54, 1.807) is 6.26 Å². The summed E-state index contributed by atoms with van der Waals surface area (Å²) < 4.78 is 5.39. The van der Waals surface area contributed by atoms with E-state index in [0.29, 0.717) is 6.04 Å². The van der Waals surface area contributed by atoms with Crippen molar-refractivity contribution in [3.8, 4) is 0 Å². The predicted octanol–water partition coefficient (Wildman–Crippen LogP) is 1.81. The Kier molecular flexibility index (Phi) is 4.75. The fourth-order valence-electron chi connectivity index (χ4n) is 1.98. The molecule has 0 radical (unpaired) electrons. The molecule has 0 aromatic carbocycles. The smallest absolute Gasteiger partial charge is 0.117 e. The standard InChI is InChI=1S/C12H20N2OS/c1-2-14(9-12-4-3-6-15-12)8-11-10-16-7-5-13-11/h3-4,6,11,13H,2,5,7-10H2,1H3. The van der Waals surface area contributed by atoms with Crippen LogP contribution in [0, 0.1) is 0 Å². The lowest BCUT2D eigenvalue weighted by molar-refractivity contribution is 0.234. The van der Waals surface area contributed by atoms with Crippen LogP contribution in [0.15, 0.2) is 22.8 Å². The summed E-state index contributed by atoms with van der Waals surface area (Å²) in [7, 11) is 0. The van der Waals surface area contributed by atoms with Gasteiger partial charge in [-0.05, 0) is 18.7 Å². The molecule has 16 heavy (non-hydrogen) atoms. The van der Waals surface area contributed by atoms with Crippen molar-refractivity contribution < 1.29 is 4.42 Å². The van der Waals surface area contributed by atoms with E-state index >= 15 is 0 Å². The maximum Gasteiger partial charge on any atom is 0.117 e. The largest absolute Gasteiger partial charge is 0.468 e. The molecule has 1 unspecified atom stereocenters. The second-order valence-corrected chi connectivity index (χ2v) is 5.28. The summed E-state index contributed by atoms with van der Waals surface area (Å²) in [6.45, 7) is 6.46. The molecule has 1 N–H and O–H groups in total. The van der Waals surface area contributed by atoms with Crippen molar-refractivity contribution in [3.05, 3.63) is 24.2 Å². The molecule has 0 amide bonds. The lowest BCUT2D eigenvalue weighted by Crippen LogP contribution is -2.45. The van der Waals surface area contributed by atoms with Crippen LogP contribution < -0.4 is 5.32 Å². The Balaban J connectivity index is 1.80. The minimum Gasteiger partial charge on any atom is -0.468 e. The summed E-state index contributed by atoms with van der Waals surface area (Å²) in [4.78, 5) is 2.43. The number of nitrogens with zero attached hydrogens (tertiary/aromatic N) is 1. The second kappa shape index (κ2) is 6.33. The van der Waals surface area contributed by atoms with E-state index in [4.69, 9.17) is 4.42 Å². The third-order valence-corrected chi connectivity index (χ3v) is 4.01. The Morgan fingerprint density at radius 3 is 3.19 bits per heavy atom. The van der Waals surface area contributed by atoms with Gasteiger partial charge in [0.15, 0.2) is 0 Å². The summed E-state index contributed by atoms with van der Waals surface area (Å²) in [6, 6.07) is 4.64. The van der Waals surface area contributed by atoms with Crippen LogP contribution in [-0.4, -0.2) is 42.1 Å². The van der Waals surface area contributed by atoms with E-state index in [-0.39, 0.29) is 0 Å². The van der Waals surface area contributed by atoms with Crippen molar-refractivity contribution in [1.29, 1.82) is 0 Å². The lowest BCUT2D eigenvalue weighted by atomic mass is 10.2. The van der Waals surface area contributed by atoms with Crippen molar-refractivity contribution >= 4 is 11.8 Å². The Hall–Kier alpha value is -0.450. The summed E-state index contributed by atoms with van der Waals surface area (Å²) in [6.07, 6.45) is 1.75. The molecule has 0 aliphatic carbocycles. The molecule has 2 rings (SSSR count). The summed E-state index contributed by atoms with van der Waals surface area (Å²) in [5, 5.41) is 3.57. The molecule has 1 aromatic rings. The molecule has 90 valence electrons. The predicted molar refractivity (Wildman–Crippen MR) is 68.8 cm³/mol. The molecular formula is C12H20N2OS. The summed E-state index contributed by atoms with van der Waals surface area (Å²) >= 11 is 2.05. The molecule has 1 fully saturated rings. The van der Waals surface area contributed by atoms with Gasteiger partial charge >= 0.3 is 0 Å².